The summed E-state index contributed by atoms with van der Waals surface area (Å²) < 4.78 is 2.12. The van der Waals surface area contributed by atoms with E-state index in [1.165, 1.54) is 49.8 Å². The van der Waals surface area contributed by atoms with Crippen molar-refractivity contribution in [2.24, 2.45) is 0 Å². The first-order valence-corrected chi connectivity index (χ1v) is 20.4. The van der Waals surface area contributed by atoms with Gasteiger partial charge in [-0.2, -0.15) is 0 Å². The van der Waals surface area contributed by atoms with Crippen LogP contribution in [-0.2, 0) is 10.3 Å². The molecule has 0 radical (unpaired) electrons. The van der Waals surface area contributed by atoms with Crippen LogP contribution in [0.5, 0.6) is 0 Å². The number of amides is 1. The van der Waals surface area contributed by atoms with E-state index in [0.29, 0.717) is 13.0 Å². The Morgan fingerprint density at radius 3 is 1.75 bits per heavy atom. The van der Waals surface area contributed by atoms with Gasteiger partial charge in [0.25, 0.3) is 5.91 Å². The molecule has 0 bridgehead atoms. The minimum absolute atomic E-state index is 0.0960. The van der Waals surface area contributed by atoms with Gasteiger partial charge < -0.3 is 24.8 Å². The van der Waals surface area contributed by atoms with E-state index in [1.807, 2.05) is 42.9 Å². The second-order valence-corrected chi connectivity index (χ2v) is 14.5. The Hall–Kier alpha value is -3.49. The minimum atomic E-state index is -0.995. The summed E-state index contributed by atoms with van der Waals surface area (Å²) in [5.41, 5.74) is 2.70. The number of halogens is 1. The van der Waals surface area contributed by atoms with Gasteiger partial charge in [-0.3, -0.25) is 4.79 Å². The number of carbonyl (C=O) groups excluding carboxylic acids is 1. The number of carbonyl (C=O) groups is 1. The van der Waals surface area contributed by atoms with E-state index in [0.717, 1.165) is 66.7 Å². The van der Waals surface area contributed by atoms with Gasteiger partial charge in [0, 0.05) is 36.1 Å². The van der Waals surface area contributed by atoms with Crippen molar-refractivity contribution in [2.45, 2.75) is 128 Å². The first-order valence-electron chi connectivity index (χ1n) is 20.0. The van der Waals surface area contributed by atoms with Crippen molar-refractivity contribution in [2.75, 3.05) is 19.7 Å². The fourth-order valence-electron chi connectivity index (χ4n) is 6.98. The van der Waals surface area contributed by atoms with Crippen molar-refractivity contribution in [3.05, 3.63) is 125 Å². The molecule has 0 aliphatic carbocycles. The molecule has 0 spiro atoms. The van der Waals surface area contributed by atoms with Crippen LogP contribution < -0.4 is 0 Å². The molecule has 1 heterocycles. The van der Waals surface area contributed by atoms with Gasteiger partial charge in [-0.25, -0.2) is 4.98 Å². The summed E-state index contributed by atoms with van der Waals surface area (Å²) in [5, 5.41) is 29.8. The molecule has 1 aromatic heterocycles. The van der Waals surface area contributed by atoms with Gasteiger partial charge in [0.2, 0.25) is 0 Å². The van der Waals surface area contributed by atoms with E-state index in [-0.39, 0.29) is 19.1 Å². The fraction of sp³-hybridized carbons (Fsp3) is 0.511. The second-order valence-electron chi connectivity index (χ2n) is 14.1. The Morgan fingerprint density at radius 2 is 1.25 bits per heavy atom. The molecule has 2 atom stereocenters. The molecule has 7 nitrogen and oxygen atoms in total. The number of hydrogen-bond acceptors (Lipinski definition) is 5. The summed E-state index contributed by atoms with van der Waals surface area (Å²) >= 11 is 6.69. The van der Waals surface area contributed by atoms with Crippen molar-refractivity contribution >= 4 is 17.5 Å². The largest absolute Gasteiger partial charge is 0.394 e. The number of nitrogens with zero attached hydrogens (tertiary/aromatic N) is 3. The number of benzene rings is 3. The van der Waals surface area contributed by atoms with E-state index in [1.54, 1.807) is 6.20 Å². The van der Waals surface area contributed by atoms with Crippen molar-refractivity contribution in [1.82, 2.24) is 14.5 Å². The lowest BCUT2D eigenvalue weighted by molar-refractivity contribution is -0.142. The van der Waals surface area contributed by atoms with Gasteiger partial charge in [-0.05, 0) is 30.0 Å². The molecule has 3 aromatic carbocycles. The number of aliphatic hydroxyl groups is 3. The predicted octanol–water partition coefficient (Wildman–Crippen LogP) is 9.80. The molecule has 8 heteroatoms. The monoisotopic (exact) mass is 745 g/mol. The Balaban J connectivity index is 0.000000286. The first-order chi connectivity index (χ1) is 25.9. The quantitative estimate of drug-likeness (QED) is 0.0490. The highest BCUT2D eigenvalue weighted by molar-refractivity contribution is 6.31. The van der Waals surface area contributed by atoms with Crippen LogP contribution in [0.1, 0.15) is 127 Å². The Kier molecular flexibility index (Phi) is 21.1. The average molecular weight is 746 g/mol. The second kappa shape index (κ2) is 25.5. The zero-order chi connectivity index (χ0) is 38.2. The summed E-state index contributed by atoms with van der Waals surface area (Å²) in [7, 11) is 0. The molecular formula is C45H64ClN3O4. The number of aliphatic hydroxyl groups excluding tert-OH is 3. The standard InChI is InChI=1S/C23H47NO4.C22H17ClN2/c1-3-5-7-9-10-11-12-13-14-16-18-24(19-21(26)20-25)23(28)22(27)17-15-8-6-4-2;23-21-14-8-7-13-20(21)22(25-16-15-24-17-25,18-9-3-1-4-10-18)19-11-5-2-6-12-19/h21-22,25-27H,3-20H2,1-2H3;1-17H. The predicted molar refractivity (Wildman–Crippen MR) is 218 cm³/mol. The average Bonchev–Trinajstić information content (AvgIpc) is 3.74. The van der Waals surface area contributed by atoms with Gasteiger partial charge in [0.15, 0.2) is 0 Å². The smallest absolute Gasteiger partial charge is 0.251 e. The van der Waals surface area contributed by atoms with Crippen molar-refractivity contribution in [3.63, 3.8) is 0 Å². The third-order valence-electron chi connectivity index (χ3n) is 9.89. The lowest BCUT2D eigenvalue weighted by Gasteiger charge is -2.37. The first kappa shape index (κ1) is 43.9. The van der Waals surface area contributed by atoms with Crippen LogP contribution in [0.25, 0.3) is 0 Å². The summed E-state index contributed by atoms with van der Waals surface area (Å²) in [5.74, 6) is -0.306. The lowest BCUT2D eigenvalue weighted by atomic mass is 9.76. The number of unbranched alkanes of at least 4 members (excludes halogenated alkanes) is 12. The van der Waals surface area contributed by atoms with Gasteiger partial charge in [-0.15, -0.1) is 0 Å². The molecular weight excluding hydrogens is 682 g/mol. The van der Waals surface area contributed by atoms with Crippen molar-refractivity contribution in [1.29, 1.82) is 0 Å². The maximum absolute atomic E-state index is 12.5. The van der Waals surface area contributed by atoms with Crippen LogP contribution in [0.2, 0.25) is 5.02 Å². The Labute approximate surface area is 324 Å². The molecule has 1 amide bonds. The molecule has 3 N–H and O–H groups in total. The third kappa shape index (κ3) is 14.0. The summed E-state index contributed by atoms with van der Waals surface area (Å²) in [4.78, 5) is 18.4. The number of imidazole rings is 1. The van der Waals surface area contributed by atoms with Gasteiger partial charge in [-0.1, -0.05) is 188 Å². The van der Waals surface area contributed by atoms with E-state index < -0.39 is 17.7 Å². The van der Waals surface area contributed by atoms with E-state index >= 15 is 0 Å². The number of hydrogen-bond donors (Lipinski definition) is 3. The van der Waals surface area contributed by atoms with Crippen LogP contribution >= 0.6 is 11.6 Å². The van der Waals surface area contributed by atoms with Crippen molar-refractivity contribution < 1.29 is 20.1 Å². The van der Waals surface area contributed by atoms with Crippen LogP contribution in [0.4, 0.5) is 0 Å². The molecule has 0 saturated carbocycles. The zero-order valence-corrected chi connectivity index (χ0v) is 32.9. The fourth-order valence-corrected chi connectivity index (χ4v) is 7.25. The van der Waals surface area contributed by atoms with Gasteiger partial charge in [0.1, 0.15) is 11.6 Å². The highest BCUT2D eigenvalue weighted by Crippen LogP contribution is 2.43. The molecule has 0 saturated heterocycles. The molecule has 0 fully saturated rings. The summed E-state index contributed by atoms with van der Waals surface area (Å²) in [6.07, 6.45) is 20.5. The topological polar surface area (TPSA) is 98.8 Å². The molecule has 0 aliphatic heterocycles. The van der Waals surface area contributed by atoms with Crippen LogP contribution in [0.3, 0.4) is 0 Å². The van der Waals surface area contributed by atoms with Crippen LogP contribution in [-0.4, -0.2) is 67.6 Å². The number of rotatable bonds is 24. The highest BCUT2D eigenvalue weighted by atomic mass is 35.5. The Bertz CT molecular complexity index is 1460. The molecule has 4 aromatic rings. The molecule has 4 rings (SSSR count). The van der Waals surface area contributed by atoms with E-state index in [9.17, 15) is 15.0 Å². The van der Waals surface area contributed by atoms with Gasteiger partial charge >= 0.3 is 0 Å². The van der Waals surface area contributed by atoms with Crippen LogP contribution in [0.15, 0.2) is 104 Å². The van der Waals surface area contributed by atoms with Gasteiger partial charge in [0.05, 0.1) is 19.0 Å². The minimum Gasteiger partial charge on any atom is -0.394 e. The molecule has 53 heavy (non-hydrogen) atoms. The summed E-state index contributed by atoms with van der Waals surface area (Å²) in [6.45, 7) is 4.64. The molecule has 0 aliphatic rings. The van der Waals surface area contributed by atoms with Crippen LogP contribution in [0, 0.1) is 0 Å². The van der Waals surface area contributed by atoms with E-state index in [4.69, 9.17) is 16.7 Å². The maximum Gasteiger partial charge on any atom is 0.251 e. The molecule has 2 unspecified atom stereocenters. The maximum atomic E-state index is 12.5. The normalized spacial score (nSPS) is 12.5. The zero-order valence-electron chi connectivity index (χ0n) is 32.2. The SMILES string of the molecule is CCCCCCCCCCCCN(CC(O)CO)C(=O)C(O)CCCCCC.Clc1ccccc1C(c1ccccc1)(c1ccccc1)n1ccnc1. The molecule has 290 valence electrons. The highest BCUT2D eigenvalue weighted by Gasteiger charge is 2.39. The van der Waals surface area contributed by atoms with E-state index in [2.05, 4.69) is 78.0 Å². The number of aromatic nitrogens is 2. The summed E-state index contributed by atoms with van der Waals surface area (Å²) in [6, 6.07) is 28.8. The Morgan fingerprint density at radius 1 is 0.736 bits per heavy atom. The third-order valence-corrected chi connectivity index (χ3v) is 10.2. The van der Waals surface area contributed by atoms with Crippen molar-refractivity contribution in [3.8, 4) is 0 Å². The lowest BCUT2D eigenvalue weighted by Crippen LogP contribution is -2.44.